The number of anilines is 1. The highest BCUT2D eigenvalue weighted by Crippen LogP contribution is 2.39. The van der Waals surface area contributed by atoms with Crippen molar-refractivity contribution in [2.75, 3.05) is 11.4 Å². The molecule has 2 unspecified atom stereocenters. The third kappa shape index (κ3) is 2.67. The molecule has 2 atom stereocenters. The second-order valence-corrected chi connectivity index (χ2v) is 5.35. The fourth-order valence-electron chi connectivity index (χ4n) is 2.85. The SMILES string of the molecule is CC1CCCC(CN)N1c1cccc(Cl)c1[N+](=O)[O-]. The molecular formula is C13H18ClN3O2. The number of rotatable bonds is 3. The lowest BCUT2D eigenvalue weighted by Crippen LogP contribution is -2.49. The van der Waals surface area contributed by atoms with Crippen LogP contribution in [0.15, 0.2) is 18.2 Å². The van der Waals surface area contributed by atoms with Crippen molar-refractivity contribution >= 4 is 23.0 Å². The molecule has 6 heteroatoms. The van der Waals surface area contributed by atoms with E-state index < -0.39 is 4.92 Å². The first-order valence-corrected chi connectivity index (χ1v) is 6.85. The van der Waals surface area contributed by atoms with Crippen LogP contribution in [-0.2, 0) is 0 Å². The number of hydrogen-bond acceptors (Lipinski definition) is 4. The van der Waals surface area contributed by atoms with Crippen LogP contribution in [-0.4, -0.2) is 23.6 Å². The van der Waals surface area contributed by atoms with Gasteiger partial charge in [0.05, 0.1) is 4.92 Å². The first kappa shape index (κ1) is 14.1. The van der Waals surface area contributed by atoms with Crippen LogP contribution in [0.1, 0.15) is 26.2 Å². The van der Waals surface area contributed by atoms with Crippen molar-refractivity contribution in [3.8, 4) is 0 Å². The van der Waals surface area contributed by atoms with Gasteiger partial charge in [-0.3, -0.25) is 10.1 Å². The molecule has 2 rings (SSSR count). The highest BCUT2D eigenvalue weighted by molar-refractivity contribution is 6.33. The molecule has 19 heavy (non-hydrogen) atoms. The van der Waals surface area contributed by atoms with Gasteiger partial charge in [0.25, 0.3) is 0 Å². The van der Waals surface area contributed by atoms with Crippen LogP contribution >= 0.6 is 11.6 Å². The van der Waals surface area contributed by atoms with Crippen molar-refractivity contribution in [3.63, 3.8) is 0 Å². The van der Waals surface area contributed by atoms with Crippen molar-refractivity contribution < 1.29 is 4.92 Å². The number of hydrogen-bond donors (Lipinski definition) is 1. The maximum Gasteiger partial charge on any atom is 0.310 e. The molecule has 1 aromatic rings. The zero-order valence-electron chi connectivity index (χ0n) is 10.9. The van der Waals surface area contributed by atoms with E-state index in [1.165, 1.54) is 0 Å². The Labute approximate surface area is 117 Å². The largest absolute Gasteiger partial charge is 0.359 e. The van der Waals surface area contributed by atoms with Gasteiger partial charge < -0.3 is 10.6 Å². The number of nitrogens with two attached hydrogens (primary N) is 1. The highest BCUT2D eigenvalue weighted by Gasteiger charge is 2.32. The van der Waals surface area contributed by atoms with Crippen LogP contribution in [0.3, 0.4) is 0 Å². The van der Waals surface area contributed by atoms with E-state index in [-0.39, 0.29) is 22.8 Å². The molecule has 0 spiro atoms. The Morgan fingerprint density at radius 3 is 2.89 bits per heavy atom. The Hall–Kier alpha value is -1.33. The number of benzene rings is 1. The van der Waals surface area contributed by atoms with Gasteiger partial charge in [0.1, 0.15) is 10.7 Å². The van der Waals surface area contributed by atoms with Crippen LogP contribution in [0.4, 0.5) is 11.4 Å². The lowest BCUT2D eigenvalue weighted by Gasteiger charge is -2.41. The summed E-state index contributed by atoms with van der Waals surface area (Å²) in [5.74, 6) is 0. The predicted octanol–water partition coefficient (Wildman–Crippen LogP) is 2.95. The number of para-hydroxylation sites is 1. The second-order valence-electron chi connectivity index (χ2n) is 4.94. The molecule has 2 N–H and O–H groups in total. The first-order chi connectivity index (χ1) is 9.06. The molecule has 1 aliphatic rings. The summed E-state index contributed by atoms with van der Waals surface area (Å²) in [6, 6.07) is 5.43. The zero-order valence-corrected chi connectivity index (χ0v) is 11.6. The molecule has 0 saturated carbocycles. The molecule has 1 aliphatic heterocycles. The third-order valence-corrected chi connectivity index (χ3v) is 4.03. The van der Waals surface area contributed by atoms with Crippen LogP contribution in [0, 0.1) is 10.1 Å². The fraction of sp³-hybridized carbons (Fsp3) is 0.538. The summed E-state index contributed by atoms with van der Waals surface area (Å²) in [6.07, 6.45) is 3.08. The van der Waals surface area contributed by atoms with Crippen LogP contribution in [0.25, 0.3) is 0 Å². The standard InChI is InChI=1S/C13H18ClN3O2/c1-9-4-2-5-10(8-15)16(9)12-7-3-6-11(14)13(12)17(18)19/h3,6-7,9-10H,2,4-5,8,15H2,1H3. The minimum atomic E-state index is -0.410. The first-order valence-electron chi connectivity index (χ1n) is 6.47. The van der Waals surface area contributed by atoms with Crippen molar-refractivity contribution in [1.29, 1.82) is 0 Å². The topological polar surface area (TPSA) is 72.4 Å². The monoisotopic (exact) mass is 283 g/mol. The molecule has 1 saturated heterocycles. The van der Waals surface area contributed by atoms with Gasteiger partial charge in [-0.15, -0.1) is 0 Å². The summed E-state index contributed by atoms with van der Waals surface area (Å²) in [5, 5.41) is 11.4. The predicted molar refractivity (Wildman–Crippen MR) is 76.7 cm³/mol. The van der Waals surface area contributed by atoms with E-state index in [0.29, 0.717) is 12.2 Å². The van der Waals surface area contributed by atoms with Gasteiger partial charge in [-0.1, -0.05) is 17.7 Å². The smallest absolute Gasteiger partial charge is 0.310 e. The Balaban J connectivity index is 2.49. The summed E-state index contributed by atoms with van der Waals surface area (Å²) in [5.41, 5.74) is 6.38. The normalized spacial score (nSPS) is 23.4. The zero-order chi connectivity index (χ0) is 14.0. The Morgan fingerprint density at radius 2 is 2.26 bits per heavy atom. The van der Waals surface area contributed by atoms with Crippen LogP contribution < -0.4 is 10.6 Å². The molecule has 104 valence electrons. The number of nitrogens with zero attached hydrogens (tertiary/aromatic N) is 2. The van der Waals surface area contributed by atoms with Crippen molar-refractivity contribution in [3.05, 3.63) is 33.3 Å². The minimum absolute atomic E-state index is 0.0173. The highest BCUT2D eigenvalue weighted by atomic mass is 35.5. The molecule has 0 bridgehead atoms. The molecule has 0 radical (unpaired) electrons. The van der Waals surface area contributed by atoms with Crippen LogP contribution in [0.2, 0.25) is 5.02 Å². The number of piperidine rings is 1. The van der Waals surface area contributed by atoms with Crippen LogP contribution in [0.5, 0.6) is 0 Å². The molecule has 0 aromatic heterocycles. The average Bonchev–Trinajstić information content (AvgIpc) is 2.37. The maximum absolute atomic E-state index is 11.3. The van der Waals surface area contributed by atoms with Crippen molar-refractivity contribution in [1.82, 2.24) is 0 Å². The van der Waals surface area contributed by atoms with Crippen molar-refractivity contribution in [2.45, 2.75) is 38.3 Å². The van der Waals surface area contributed by atoms with E-state index >= 15 is 0 Å². The quantitative estimate of drug-likeness (QED) is 0.684. The van der Waals surface area contributed by atoms with Gasteiger partial charge in [0.15, 0.2) is 0 Å². The molecule has 0 aliphatic carbocycles. The van der Waals surface area contributed by atoms with Gasteiger partial charge in [-0.25, -0.2) is 0 Å². The van der Waals surface area contributed by atoms with E-state index in [9.17, 15) is 10.1 Å². The lowest BCUT2D eigenvalue weighted by molar-refractivity contribution is -0.384. The molecule has 5 nitrogen and oxygen atoms in total. The van der Waals surface area contributed by atoms with Gasteiger partial charge in [0, 0.05) is 18.6 Å². The fourth-order valence-corrected chi connectivity index (χ4v) is 3.08. The summed E-state index contributed by atoms with van der Waals surface area (Å²) >= 11 is 5.98. The molecule has 1 aromatic carbocycles. The molecular weight excluding hydrogens is 266 g/mol. The number of nitro benzene ring substituents is 1. The van der Waals surface area contributed by atoms with E-state index in [0.717, 1.165) is 19.3 Å². The molecule has 0 amide bonds. The van der Waals surface area contributed by atoms with Gasteiger partial charge in [-0.2, -0.15) is 0 Å². The maximum atomic E-state index is 11.3. The van der Waals surface area contributed by atoms with Gasteiger partial charge in [-0.05, 0) is 38.3 Å². The summed E-state index contributed by atoms with van der Waals surface area (Å²) in [7, 11) is 0. The van der Waals surface area contributed by atoms with E-state index in [1.54, 1.807) is 18.2 Å². The van der Waals surface area contributed by atoms with E-state index in [1.807, 2.05) is 0 Å². The lowest BCUT2D eigenvalue weighted by atomic mass is 9.95. The summed E-state index contributed by atoms with van der Waals surface area (Å²) in [4.78, 5) is 12.9. The van der Waals surface area contributed by atoms with Crippen molar-refractivity contribution in [2.24, 2.45) is 5.73 Å². The number of halogens is 1. The summed E-state index contributed by atoms with van der Waals surface area (Å²) < 4.78 is 0. The van der Waals surface area contributed by atoms with Gasteiger partial charge >= 0.3 is 5.69 Å². The molecule has 1 fully saturated rings. The second kappa shape index (κ2) is 5.75. The average molecular weight is 284 g/mol. The molecule has 1 heterocycles. The minimum Gasteiger partial charge on any atom is -0.359 e. The Bertz CT molecular complexity index is 481. The third-order valence-electron chi connectivity index (χ3n) is 3.73. The van der Waals surface area contributed by atoms with E-state index in [4.69, 9.17) is 17.3 Å². The van der Waals surface area contributed by atoms with Gasteiger partial charge in [0.2, 0.25) is 0 Å². The Morgan fingerprint density at radius 1 is 1.53 bits per heavy atom. The van der Waals surface area contributed by atoms with E-state index in [2.05, 4.69) is 11.8 Å². The summed E-state index contributed by atoms with van der Waals surface area (Å²) in [6.45, 7) is 2.57. The Kier molecular flexibility index (Phi) is 4.27. The number of nitro groups is 1.